The molecule has 122 valence electrons. The monoisotopic (exact) mass is 314 g/mol. The lowest BCUT2D eigenvalue weighted by molar-refractivity contribution is -0.118. The van der Waals surface area contributed by atoms with Gasteiger partial charge in [-0.05, 0) is 37.3 Å². The summed E-state index contributed by atoms with van der Waals surface area (Å²) >= 11 is 0. The van der Waals surface area contributed by atoms with Crippen LogP contribution in [0.4, 0.5) is 5.69 Å². The number of ether oxygens (including phenoxy) is 1. The van der Waals surface area contributed by atoms with Crippen LogP contribution in [0.15, 0.2) is 30.6 Å². The molecule has 0 unspecified atom stereocenters. The predicted octanol–water partition coefficient (Wildman–Crippen LogP) is 3.01. The molecule has 0 spiro atoms. The molecule has 1 aliphatic rings. The van der Waals surface area contributed by atoms with E-state index in [1.165, 1.54) is 6.33 Å². The highest BCUT2D eigenvalue weighted by Gasteiger charge is 2.23. The lowest BCUT2D eigenvalue weighted by atomic mass is 9.91. The summed E-state index contributed by atoms with van der Waals surface area (Å²) in [6, 6.07) is 7.61. The molecule has 2 heterocycles. The van der Waals surface area contributed by atoms with Crippen LogP contribution in [-0.2, 0) is 9.53 Å². The second-order valence-electron chi connectivity index (χ2n) is 5.96. The van der Waals surface area contributed by atoms with E-state index in [0.717, 1.165) is 37.1 Å². The highest BCUT2D eigenvalue weighted by molar-refractivity contribution is 5.91. The smallest absolute Gasteiger partial charge is 0.224 e. The molecule has 0 radical (unpaired) electrons. The van der Waals surface area contributed by atoms with Gasteiger partial charge in [-0.15, -0.1) is 0 Å². The molecule has 0 aliphatic carbocycles. The predicted molar refractivity (Wildman–Crippen MR) is 87.8 cm³/mol. The third-order valence-electron chi connectivity index (χ3n) is 4.24. The van der Waals surface area contributed by atoms with Crippen molar-refractivity contribution in [2.45, 2.75) is 38.7 Å². The van der Waals surface area contributed by atoms with Gasteiger partial charge in [0.1, 0.15) is 6.33 Å². The average molecular weight is 314 g/mol. The fraction of sp³-hybridized carbons (Fsp3) is 0.471. The minimum atomic E-state index is 0.0569. The van der Waals surface area contributed by atoms with Crippen molar-refractivity contribution < 1.29 is 9.53 Å². The summed E-state index contributed by atoms with van der Waals surface area (Å²) in [6.07, 6.45) is 5.26. The van der Waals surface area contributed by atoms with Gasteiger partial charge in [0, 0.05) is 24.3 Å². The van der Waals surface area contributed by atoms with Gasteiger partial charge in [0.05, 0.1) is 6.10 Å². The molecule has 3 rings (SSSR count). The first-order valence-electron chi connectivity index (χ1n) is 8.12. The summed E-state index contributed by atoms with van der Waals surface area (Å²) < 4.78 is 5.67. The molecule has 2 atom stereocenters. The van der Waals surface area contributed by atoms with Gasteiger partial charge in [-0.2, -0.15) is 5.10 Å². The summed E-state index contributed by atoms with van der Waals surface area (Å²) in [5.74, 6) is 1.16. The number of benzene rings is 1. The zero-order chi connectivity index (χ0) is 16.1. The largest absolute Gasteiger partial charge is 0.378 e. The van der Waals surface area contributed by atoms with Gasteiger partial charge in [-0.25, -0.2) is 4.98 Å². The van der Waals surface area contributed by atoms with Crippen molar-refractivity contribution in [2.24, 2.45) is 5.92 Å². The van der Waals surface area contributed by atoms with Crippen LogP contribution < -0.4 is 5.32 Å². The first-order chi connectivity index (χ1) is 11.2. The first kappa shape index (κ1) is 15.7. The molecule has 6 heteroatoms. The Balaban J connectivity index is 1.58. The second-order valence-corrected chi connectivity index (χ2v) is 5.96. The number of nitrogens with zero attached hydrogens (tertiary/aromatic N) is 2. The number of rotatable bonds is 5. The highest BCUT2D eigenvalue weighted by atomic mass is 16.5. The van der Waals surface area contributed by atoms with E-state index in [1.807, 2.05) is 24.3 Å². The summed E-state index contributed by atoms with van der Waals surface area (Å²) in [6.45, 7) is 2.89. The van der Waals surface area contributed by atoms with E-state index in [4.69, 9.17) is 4.74 Å². The number of aromatic nitrogens is 3. The van der Waals surface area contributed by atoms with Gasteiger partial charge in [-0.1, -0.05) is 19.1 Å². The Morgan fingerprint density at radius 2 is 2.39 bits per heavy atom. The van der Waals surface area contributed by atoms with Crippen LogP contribution in [0.5, 0.6) is 0 Å². The molecule has 23 heavy (non-hydrogen) atoms. The molecule has 0 bridgehead atoms. The van der Waals surface area contributed by atoms with Crippen LogP contribution in [-0.4, -0.2) is 33.8 Å². The maximum atomic E-state index is 12.3. The van der Waals surface area contributed by atoms with Crippen molar-refractivity contribution in [2.75, 3.05) is 11.9 Å². The molecule has 1 amide bonds. The lowest BCUT2D eigenvalue weighted by Crippen LogP contribution is -2.28. The van der Waals surface area contributed by atoms with Crippen LogP contribution in [0.2, 0.25) is 0 Å². The standard InChI is InChI=1S/C17H22N4O2/c1-2-15-8-12(6-7-23-15)9-16(22)20-14-5-3-4-13(10-14)17-18-11-19-21-17/h3-5,10-12,15H,2,6-9H2,1H3,(H,20,22)(H,18,19,21)/t12-,15-/m0/s1. The van der Waals surface area contributed by atoms with Crippen LogP contribution in [0.3, 0.4) is 0 Å². The zero-order valence-electron chi connectivity index (χ0n) is 13.3. The van der Waals surface area contributed by atoms with Crippen molar-refractivity contribution in [1.82, 2.24) is 15.2 Å². The van der Waals surface area contributed by atoms with Gasteiger partial charge in [0.25, 0.3) is 0 Å². The number of H-pyrrole nitrogens is 1. The number of hydrogen-bond donors (Lipinski definition) is 2. The van der Waals surface area contributed by atoms with Crippen LogP contribution >= 0.6 is 0 Å². The van der Waals surface area contributed by atoms with E-state index in [2.05, 4.69) is 27.4 Å². The molecular formula is C17H22N4O2. The summed E-state index contributed by atoms with van der Waals surface area (Å²) in [5, 5.41) is 9.65. The van der Waals surface area contributed by atoms with Crippen molar-refractivity contribution >= 4 is 11.6 Å². The topological polar surface area (TPSA) is 79.9 Å². The fourth-order valence-electron chi connectivity index (χ4n) is 2.99. The summed E-state index contributed by atoms with van der Waals surface area (Å²) in [4.78, 5) is 16.4. The van der Waals surface area contributed by atoms with Gasteiger partial charge < -0.3 is 10.1 Å². The quantitative estimate of drug-likeness (QED) is 0.889. The second kappa shape index (κ2) is 7.37. The number of anilines is 1. The van der Waals surface area contributed by atoms with E-state index in [9.17, 15) is 4.79 Å². The Kier molecular flexibility index (Phi) is 5.02. The number of carbonyl (C=O) groups is 1. The van der Waals surface area contributed by atoms with Crippen LogP contribution in [0, 0.1) is 5.92 Å². The van der Waals surface area contributed by atoms with Crippen LogP contribution in [0.25, 0.3) is 11.4 Å². The minimum Gasteiger partial charge on any atom is -0.378 e. The Labute approximate surface area is 135 Å². The van der Waals surface area contributed by atoms with Gasteiger partial charge in [0.15, 0.2) is 5.82 Å². The molecule has 1 saturated heterocycles. The molecule has 1 aromatic carbocycles. The third kappa shape index (κ3) is 4.16. The van der Waals surface area contributed by atoms with Gasteiger partial charge in [-0.3, -0.25) is 9.89 Å². The van der Waals surface area contributed by atoms with E-state index < -0.39 is 0 Å². The molecule has 0 saturated carbocycles. The Morgan fingerprint density at radius 1 is 1.48 bits per heavy atom. The fourth-order valence-corrected chi connectivity index (χ4v) is 2.99. The van der Waals surface area contributed by atoms with Gasteiger partial charge in [0.2, 0.25) is 5.91 Å². The Hall–Kier alpha value is -2.21. The summed E-state index contributed by atoms with van der Waals surface area (Å²) in [7, 11) is 0. The normalized spacial score (nSPS) is 21.1. The van der Waals surface area contributed by atoms with Crippen molar-refractivity contribution in [1.29, 1.82) is 0 Å². The van der Waals surface area contributed by atoms with Gasteiger partial charge >= 0.3 is 0 Å². The maximum Gasteiger partial charge on any atom is 0.224 e. The number of nitrogens with one attached hydrogen (secondary N) is 2. The number of carbonyl (C=O) groups excluding carboxylic acids is 1. The molecular weight excluding hydrogens is 292 g/mol. The minimum absolute atomic E-state index is 0.0569. The Bertz CT molecular complexity index is 642. The molecule has 1 aromatic heterocycles. The molecule has 6 nitrogen and oxygen atoms in total. The van der Waals surface area contributed by atoms with E-state index in [1.54, 1.807) is 0 Å². The van der Waals surface area contributed by atoms with Crippen LogP contribution in [0.1, 0.15) is 32.6 Å². The highest BCUT2D eigenvalue weighted by Crippen LogP contribution is 2.25. The molecule has 2 N–H and O–H groups in total. The Morgan fingerprint density at radius 3 is 3.17 bits per heavy atom. The SMILES string of the molecule is CC[C@H]1C[C@@H](CC(=O)Nc2cccc(-c3ncn[nH]3)c2)CCO1. The van der Waals surface area contributed by atoms with E-state index in [-0.39, 0.29) is 5.91 Å². The lowest BCUT2D eigenvalue weighted by Gasteiger charge is -2.28. The zero-order valence-corrected chi connectivity index (χ0v) is 13.3. The first-order valence-corrected chi connectivity index (χ1v) is 8.12. The molecule has 2 aromatic rings. The molecule has 1 fully saturated rings. The van der Waals surface area contributed by atoms with E-state index >= 15 is 0 Å². The summed E-state index contributed by atoms with van der Waals surface area (Å²) in [5.41, 5.74) is 1.68. The number of aromatic amines is 1. The molecule has 1 aliphatic heterocycles. The van der Waals surface area contributed by atoms with E-state index in [0.29, 0.717) is 24.3 Å². The van der Waals surface area contributed by atoms with Crippen molar-refractivity contribution in [3.63, 3.8) is 0 Å². The third-order valence-corrected chi connectivity index (χ3v) is 4.24. The maximum absolute atomic E-state index is 12.3. The van der Waals surface area contributed by atoms with Crippen molar-refractivity contribution in [3.05, 3.63) is 30.6 Å². The van der Waals surface area contributed by atoms with Crippen molar-refractivity contribution in [3.8, 4) is 11.4 Å². The average Bonchev–Trinajstić information content (AvgIpc) is 3.09. The number of amides is 1. The number of hydrogen-bond acceptors (Lipinski definition) is 4.